The SMILES string of the molecule is COc1cc(C=C2SC(=O)NC2=O)ccc1OC(=O)Cc1ccccc1. The summed E-state index contributed by atoms with van der Waals surface area (Å²) in [5, 5.41) is 1.79. The summed E-state index contributed by atoms with van der Waals surface area (Å²) < 4.78 is 10.6. The summed E-state index contributed by atoms with van der Waals surface area (Å²) in [6.07, 6.45) is 1.72. The van der Waals surface area contributed by atoms with Crippen LogP contribution < -0.4 is 14.8 Å². The van der Waals surface area contributed by atoms with E-state index in [9.17, 15) is 14.4 Å². The lowest BCUT2D eigenvalue weighted by molar-refractivity contribution is -0.133. The second-order valence-corrected chi connectivity index (χ2v) is 6.41. The van der Waals surface area contributed by atoms with Gasteiger partial charge in [0.05, 0.1) is 18.4 Å². The van der Waals surface area contributed by atoms with Gasteiger partial charge in [-0.25, -0.2) is 0 Å². The van der Waals surface area contributed by atoms with Gasteiger partial charge in [-0.2, -0.15) is 0 Å². The van der Waals surface area contributed by atoms with Gasteiger partial charge in [0.1, 0.15) is 0 Å². The summed E-state index contributed by atoms with van der Waals surface area (Å²) in [7, 11) is 1.46. The predicted octanol–water partition coefficient (Wildman–Crippen LogP) is 3.17. The molecule has 0 aliphatic carbocycles. The van der Waals surface area contributed by atoms with E-state index in [4.69, 9.17) is 9.47 Å². The fraction of sp³-hybridized carbons (Fsp3) is 0.105. The van der Waals surface area contributed by atoms with Gasteiger partial charge in [-0.15, -0.1) is 0 Å². The Morgan fingerprint density at radius 1 is 1.12 bits per heavy atom. The number of benzene rings is 2. The van der Waals surface area contributed by atoms with E-state index >= 15 is 0 Å². The van der Waals surface area contributed by atoms with Crippen molar-refractivity contribution in [2.45, 2.75) is 6.42 Å². The topological polar surface area (TPSA) is 81.7 Å². The van der Waals surface area contributed by atoms with Crippen molar-refractivity contribution >= 4 is 35.0 Å². The number of imide groups is 1. The van der Waals surface area contributed by atoms with E-state index in [2.05, 4.69) is 5.32 Å². The first-order chi connectivity index (χ1) is 12.5. The van der Waals surface area contributed by atoms with E-state index in [1.807, 2.05) is 30.3 Å². The monoisotopic (exact) mass is 369 g/mol. The third-order valence-corrected chi connectivity index (χ3v) is 4.35. The number of carbonyl (C=O) groups is 3. The van der Waals surface area contributed by atoms with Gasteiger partial charge in [-0.3, -0.25) is 19.7 Å². The molecule has 1 fully saturated rings. The molecule has 2 aromatic rings. The largest absolute Gasteiger partial charge is 0.493 e. The quantitative estimate of drug-likeness (QED) is 0.495. The minimum Gasteiger partial charge on any atom is -0.493 e. The summed E-state index contributed by atoms with van der Waals surface area (Å²) in [6.45, 7) is 0. The molecule has 1 heterocycles. The molecule has 0 radical (unpaired) electrons. The fourth-order valence-electron chi connectivity index (χ4n) is 2.35. The number of esters is 1. The first kappa shape index (κ1) is 17.8. The maximum Gasteiger partial charge on any atom is 0.315 e. The number of ether oxygens (including phenoxy) is 2. The summed E-state index contributed by atoms with van der Waals surface area (Å²) >= 11 is 0.833. The van der Waals surface area contributed by atoms with Crippen molar-refractivity contribution < 1.29 is 23.9 Å². The average Bonchev–Trinajstić information content (AvgIpc) is 2.94. The van der Waals surface area contributed by atoms with Crippen molar-refractivity contribution in [2.75, 3.05) is 7.11 Å². The molecule has 0 bridgehead atoms. The highest BCUT2D eigenvalue weighted by Gasteiger charge is 2.25. The zero-order valence-electron chi connectivity index (χ0n) is 13.9. The molecule has 0 saturated carbocycles. The van der Waals surface area contributed by atoms with Crippen molar-refractivity contribution in [2.24, 2.45) is 0 Å². The fourth-order valence-corrected chi connectivity index (χ4v) is 3.03. The molecule has 132 valence electrons. The predicted molar refractivity (Wildman–Crippen MR) is 97.9 cm³/mol. The Balaban J connectivity index is 1.74. The van der Waals surface area contributed by atoms with E-state index in [0.29, 0.717) is 16.2 Å². The smallest absolute Gasteiger partial charge is 0.315 e. The van der Waals surface area contributed by atoms with E-state index in [-0.39, 0.29) is 12.2 Å². The number of amides is 2. The molecular weight excluding hydrogens is 354 g/mol. The molecule has 1 aliphatic rings. The third-order valence-electron chi connectivity index (χ3n) is 3.54. The lowest BCUT2D eigenvalue weighted by Crippen LogP contribution is -2.17. The van der Waals surface area contributed by atoms with Crippen LogP contribution >= 0.6 is 11.8 Å². The number of rotatable bonds is 5. The minimum absolute atomic E-state index is 0.148. The van der Waals surface area contributed by atoms with Gasteiger partial charge in [-0.1, -0.05) is 36.4 Å². The van der Waals surface area contributed by atoms with Crippen LogP contribution in [-0.4, -0.2) is 24.2 Å². The molecule has 2 amide bonds. The summed E-state index contributed by atoms with van der Waals surface area (Å²) in [6, 6.07) is 14.2. The second-order valence-electron chi connectivity index (χ2n) is 5.40. The Bertz CT molecular complexity index is 892. The maximum absolute atomic E-state index is 12.1. The van der Waals surface area contributed by atoms with Gasteiger partial charge in [0.2, 0.25) is 0 Å². The van der Waals surface area contributed by atoms with Gasteiger partial charge in [-0.05, 0) is 41.1 Å². The molecule has 3 rings (SSSR count). The lowest BCUT2D eigenvalue weighted by Gasteiger charge is -2.10. The summed E-state index contributed by atoms with van der Waals surface area (Å²) in [5.41, 5.74) is 1.50. The van der Waals surface area contributed by atoms with Gasteiger partial charge in [0.25, 0.3) is 11.1 Å². The van der Waals surface area contributed by atoms with Gasteiger partial charge >= 0.3 is 5.97 Å². The first-order valence-corrected chi connectivity index (χ1v) is 8.54. The zero-order chi connectivity index (χ0) is 18.5. The van der Waals surface area contributed by atoms with Crippen molar-refractivity contribution in [1.29, 1.82) is 0 Å². The summed E-state index contributed by atoms with van der Waals surface area (Å²) in [4.78, 5) is 35.2. The number of hydrogen-bond donors (Lipinski definition) is 1. The highest BCUT2D eigenvalue weighted by molar-refractivity contribution is 8.18. The van der Waals surface area contributed by atoms with E-state index in [1.54, 1.807) is 24.3 Å². The van der Waals surface area contributed by atoms with Crippen LogP contribution in [0.5, 0.6) is 11.5 Å². The first-order valence-electron chi connectivity index (χ1n) is 7.72. The molecule has 0 spiro atoms. The number of carbonyl (C=O) groups excluding carboxylic acids is 3. The van der Waals surface area contributed by atoms with Gasteiger partial charge in [0.15, 0.2) is 11.5 Å². The molecule has 1 saturated heterocycles. The molecule has 1 aliphatic heterocycles. The Morgan fingerprint density at radius 2 is 1.88 bits per heavy atom. The van der Waals surface area contributed by atoms with Crippen LogP contribution in [0.4, 0.5) is 4.79 Å². The molecule has 7 heteroatoms. The van der Waals surface area contributed by atoms with Crippen LogP contribution in [0.25, 0.3) is 6.08 Å². The van der Waals surface area contributed by atoms with Crippen LogP contribution in [0, 0.1) is 0 Å². The van der Waals surface area contributed by atoms with E-state index < -0.39 is 17.1 Å². The maximum atomic E-state index is 12.1. The molecule has 0 unspecified atom stereocenters. The second kappa shape index (κ2) is 7.88. The van der Waals surface area contributed by atoms with Crippen molar-refractivity contribution in [1.82, 2.24) is 5.32 Å². The third kappa shape index (κ3) is 4.31. The number of thioether (sulfide) groups is 1. The Hall–Kier alpha value is -3.06. The molecule has 2 aromatic carbocycles. The molecule has 26 heavy (non-hydrogen) atoms. The Kier molecular flexibility index (Phi) is 5.38. The normalized spacial score (nSPS) is 15.0. The molecule has 1 N–H and O–H groups in total. The van der Waals surface area contributed by atoms with E-state index in [1.165, 1.54) is 7.11 Å². The molecular formula is C19H15NO5S. The number of methoxy groups -OCH3 is 1. The van der Waals surface area contributed by atoms with Crippen molar-refractivity contribution in [3.05, 3.63) is 64.6 Å². The van der Waals surface area contributed by atoms with Crippen LogP contribution in [0.3, 0.4) is 0 Å². The van der Waals surface area contributed by atoms with E-state index in [0.717, 1.165) is 17.3 Å². The minimum atomic E-state index is -0.433. The Labute approximate surface area is 154 Å². The highest BCUT2D eigenvalue weighted by Crippen LogP contribution is 2.31. The summed E-state index contributed by atoms with van der Waals surface area (Å²) in [5.74, 6) is -0.195. The zero-order valence-corrected chi connectivity index (χ0v) is 14.7. The standard InChI is InChI=1S/C19H15NO5S/c1-24-15-9-13(10-16-18(22)20-19(23)26-16)7-8-14(15)25-17(21)11-12-5-3-2-4-6-12/h2-10H,11H2,1H3,(H,20,22,23). The average molecular weight is 369 g/mol. The highest BCUT2D eigenvalue weighted by atomic mass is 32.2. The van der Waals surface area contributed by atoms with Crippen LogP contribution in [-0.2, 0) is 16.0 Å². The molecule has 0 atom stereocenters. The number of nitrogens with one attached hydrogen (secondary N) is 1. The van der Waals surface area contributed by atoms with Crippen molar-refractivity contribution in [3.63, 3.8) is 0 Å². The van der Waals surface area contributed by atoms with Gasteiger partial charge < -0.3 is 9.47 Å². The Morgan fingerprint density at radius 3 is 2.54 bits per heavy atom. The molecule has 6 nitrogen and oxygen atoms in total. The number of hydrogen-bond acceptors (Lipinski definition) is 6. The van der Waals surface area contributed by atoms with Crippen LogP contribution in [0.2, 0.25) is 0 Å². The van der Waals surface area contributed by atoms with Crippen LogP contribution in [0.1, 0.15) is 11.1 Å². The van der Waals surface area contributed by atoms with Crippen LogP contribution in [0.15, 0.2) is 53.4 Å². The molecule has 0 aromatic heterocycles. The van der Waals surface area contributed by atoms with Crippen molar-refractivity contribution in [3.8, 4) is 11.5 Å². The lowest BCUT2D eigenvalue weighted by atomic mass is 10.1. The van der Waals surface area contributed by atoms with Gasteiger partial charge in [0, 0.05) is 0 Å².